The van der Waals surface area contributed by atoms with Crippen molar-refractivity contribution in [1.82, 2.24) is 0 Å². The van der Waals surface area contributed by atoms with E-state index in [1.165, 1.54) is 18.2 Å². The van der Waals surface area contributed by atoms with Crippen LogP contribution >= 0.6 is 11.6 Å². The van der Waals surface area contributed by atoms with Crippen LogP contribution in [-0.2, 0) is 4.79 Å². The number of anilines is 1. The number of benzene rings is 1. The lowest BCUT2D eigenvalue weighted by Gasteiger charge is -2.08. The first-order chi connectivity index (χ1) is 8.11. The molecule has 94 valence electrons. The van der Waals surface area contributed by atoms with Gasteiger partial charge in [0.25, 0.3) is 0 Å². The van der Waals surface area contributed by atoms with E-state index >= 15 is 0 Å². The first-order valence-electron chi connectivity index (χ1n) is 5.02. The average Bonchev–Trinajstić information content (AvgIpc) is 2.26. The van der Waals surface area contributed by atoms with Crippen molar-refractivity contribution in [1.29, 1.82) is 0 Å². The minimum atomic E-state index is -2.88. The number of hydrogen-bond donors (Lipinski definition) is 1. The van der Waals surface area contributed by atoms with Crippen LogP contribution < -0.4 is 10.1 Å². The third kappa shape index (κ3) is 5.49. The monoisotopic (exact) mass is 263 g/mol. The van der Waals surface area contributed by atoms with Gasteiger partial charge < -0.3 is 10.1 Å². The Balaban J connectivity index is 2.56. The molecule has 1 N–H and O–H groups in total. The van der Waals surface area contributed by atoms with Gasteiger partial charge in [0, 0.05) is 24.1 Å². The number of nitrogens with one attached hydrogen (secondary N) is 1. The summed E-state index contributed by atoms with van der Waals surface area (Å²) in [6.45, 7) is -2.88. The summed E-state index contributed by atoms with van der Waals surface area (Å²) in [6, 6.07) is 5.84. The molecule has 0 aromatic heterocycles. The molecule has 17 heavy (non-hydrogen) atoms. The maximum atomic E-state index is 12.0. The van der Waals surface area contributed by atoms with Crippen LogP contribution in [0.2, 0.25) is 0 Å². The summed E-state index contributed by atoms with van der Waals surface area (Å²) in [6.07, 6.45) is 0.865. The van der Waals surface area contributed by atoms with Crippen molar-refractivity contribution in [3.05, 3.63) is 24.3 Å². The highest BCUT2D eigenvalue weighted by molar-refractivity contribution is 6.18. The Morgan fingerprint density at radius 1 is 1.47 bits per heavy atom. The smallest absolute Gasteiger partial charge is 0.387 e. The largest absolute Gasteiger partial charge is 0.435 e. The molecule has 1 aromatic carbocycles. The molecule has 3 nitrogen and oxygen atoms in total. The second kappa shape index (κ2) is 7.06. The number of amides is 1. The maximum absolute atomic E-state index is 12.0. The molecular weight excluding hydrogens is 252 g/mol. The summed E-state index contributed by atoms with van der Waals surface area (Å²) in [4.78, 5) is 11.3. The lowest BCUT2D eigenvalue weighted by Crippen LogP contribution is -2.11. The molecule has 1 rings (SSSR count). The highest BCUT2D eigenvalue weighted by Gasteiger charge is 2.06. The lowest BCUT2D eigenvalue weighted by molar-refractivity contribution is -0.116. The maximum Gasteiger partial charge on any atom is 0.387 e. The van der Waals surface area contributed by atoms with E-state index in [-0.39, 0.29) is 11.7 Å². The van der Waals surface area contributed by atoms with Crippen LogP contribution in [0.5, 0.6) is 5.75 Å². The Bertz CT molecular complexity index is 374. The number of alkyl halides is 3. The summed E-state index contributed by atoms with van der Waals surface area (Å²) in [7, 11) is 0. The van der Waals surface area contributed by atoms with Crippen molar-refractivity contribution in [2.75, 3.05) is 11.2 Å². The summed E-state index contributed by atoms with van der Waals surface area (Å²) in [5, 5.41) is 2.57. The molecule has 0 radical (unpaired) electrons. The molecule has 0 unspecified atom stereocenters. The first kappa shape index (κ1) is 13.7. The van der Waals surface area contributed by atoms with E-state index in [1.54, 1.807) is 6.07 Å². The van der Waals surface area contributed by atoms with Gasteiger partial charge in [0.05, 0.1) is 0 Å². The number of carbonyl (C=O) groups excluding carboxylic acids is 1. The zero-order valence-corrected chi connectivity index (χ0v) is 9.71. The van der Waals surface area contributed by atoms with E-state index in [1.807, 2.05) is 0 Å². The SMILES string of the molecule is O=C(CCCCl)Nc1cccc(OC(F)F)c1. The van der Waals surface area contributed by atoms with Gasteiger partial charge in [0.2, 0.25) is 5.91 Å². The predicted octanol–water partition coefficient (Wildman–Crippen LogP) is 3.25. The number of halogens is 3. The van der Waals surface area contributed by atoms with E-state index in [0.717, 1.165) is 0 Å². The quantitative estimate of drug-likeness (QED) is 0.800. The van der Waals surface area contributed by atoms with Gasteiger partial charge in [-0.05, 0) is 18.6 Å². The van der Waals surface area contributed by atoms with Crippen molar-refractivity contribution in [3.8, 4) is 5.75 Å². The van der Waals surface area contributed by atoms with Crippen LogP contribution in [0, 0.1) is 0 Å². The van der Waals surface area contributed by atoms with Crippen LogP contribution in [0.15, 0.2) is 24.3 Å². The molecule has 0 bridgehead atoms. The number of rotatable bonds is 6. The number of ether oxygens (including phenoxy) is 1. The topological polar surface area (TPSA) is 38.3 Å². The summed E-state index contributed by atoms with van der Waals surface area (Å²) in [5.74, 6) is 0.206. The Hall–Kier alpha value is -1.36. The minimum absolute atomic E-state index is 0.00939. The molecular formula is C11H12ClF2NO2. The van der Waals surface area contributed by atoms with Gasteiger partial charge >= 0.3 is 6.61 Å². The van der Waals surface area contributed by atoms with Crippen molar-refractivity contribution in [2.24, 2.45) is 0 Å². The third-order valence-electron chi connectivity index (χ3n) is 1.88. The molecule has 0 spiro atoms. The number of carbonyl (C=O) groups is 1. The summed E-state index contributed by atoms with van der Waals surface area (Å²) < 4.78 is 28.1. The fourth-order valence-corrected chi connectivity index (χ4v) is 1.33. The summed E-state index contributed by atoms with van der Waals surface area (Å²) in [5.41, 5.74) is 0.419. The van der Waals surface area contributed by atoms with Gasteiger partial charge in [0.15, 0.2) is 0 Å². The zero-order chi connectivity index (χ0) is 12.7. The highest BCUT2D eigenvalue weighted by Crippen LogP contribution is 2.19. The molecule has 0 aliphatic carbocycles. The van der Waals surface area contributed by atoms with Gasteiger partial charge in [-0.25, -0.2) is 0 Å². The Morgan fingerprint density at radius 3 is 2.88 bits per heavy atom. The van der Waals surface area contributed by atoms with Gasteiger partial charge in [-0.3, -0.25) is 4.79 Å². The van der Waals surface area contributed by atoms with E-state index in [0.29, 0.717) is 24.4 Å². The van der Waals surface area contributed by atoms with Crippen molar-refractivity contribution in [2.45, 2.75) is 19.5 Å². The Kier molecular flexibility index (Phi) is 5.69. The van der Waals surface area contributed by atoms with E-state index in [9.17, 15) is 13.6 Å². The third-order valence-corrected chi connectivity index (χ3v) is 2.15. The van der Waals surface area contributed by atoms with Gasteiger partial charge in [-0.15, -0.1) is 11.6 Å². The van der Waals surface area contributed by atoms with Crippen LogP contribution in [0.1, 0.15) is 12.8 Å². The van der Waals surface area contributed by atoms with E-state index < -0.39 is 6.61 Å². The van der Waals surface area contributed by atoms with Crippen LogP contribution in [0.4, 0.5) is 14.5 Å². The van der Waals surface area contributed by atoms with E-state index in [4.69, 9.17) is 11.6 Å². The molecule has 0 saturated carbocycles. The van der Waals surface area contributed by atoms with Gasteiger partial charge in [0.1, 0.15) is 5.75 Å². The fourth-order valence-electron chi connectivity index (χ4n) is 1.20. The van der Waals surface area contributed by atoms with Crippen molar-refractivity contribution < 1.29 is 18.3 Å². The highest BCUT2D eigenvalue weighted by atomic mass is 35.5. The Morgan fingerprint density at radius 2 is 2.24 bits per heavy atom. The standard InChI is InChI=1S/C11H12ClF2NO2/c12-6-2-5-10(16)15-8-3-1-4-9(7-8)17-11(13)14/h1,3-4,7,11H,2,5-6H2,(H,15,16). The normalized spacial score (nSPS) is 10.4. The van der Waals surface area contributed by atoms with Crippen molar-refractivity contribution in [3.63, 3.8) is 0 Å². The second-order valence-electron chi connectivity index (χ2n) is 3.25. The average molecular weight is 264 g/mol. The van der Waals surface area contributed by atoms with Crippen LogP contribution in [-0.4, -0.2) is 18.4 Å². The predicted molar refractivity (Wildman–Crippen MR) is 61.7 cm³/mol. The van der Waals surface area contributed by atoms with Crippen molar-refractivity contribution >= 4 is 23.2 Å². The first-order valence-corrected chi connectivity index (χ1v) is 5.56. The fraction of sp³-hybridized carbons (Fsp3) is 0.364. The van der Waals surface area contributed by atoms with E-state index in [2.05, 4.69) is 10.1 Å². The molecule has 0 fully saturated rings. The zero-order valence-electron chi connectivity index (χ0n) is 8.96. The second-order valence-corrected chi connectivity index (χ2v) is 3.63. The molecule has 6 heteroatoms. The molecule has 1 aromatic rings. The molecule has 0 aliphatic rings. The molecule has 0 aliphatic heterocycles. The van der Waals surface area contributed by atoms with Crippen LogP contribution in [0.3, 0.4) is 0 Å². The van der Waals surface area contributed by atoms with Gasteiger partial charge in [-0.1, -0.05) is 6.07 Å². The van der Waals surface area contributed by atoms with Gasteiger partial charge in [-0.2, -0.15) is 8.78 Å². The summed E-state index contributed by atoms with van der Waals surface area (Å²) >= 11 is 5.45. The van der Waals surface area contributed by atoms with Crippen LogP contribution in [0.25, 0.3) is 0 Å². The lowest BCUT2D eigenvalue weighted by atomic mass is 10.2. The molecule has 1 amide bonds. The Labute approximate surface area is 103 Å². The minimum Gasteiger partial charge on any atom is -0.435 e. The number of hydrogen-bond acceptors (Lipinski definition) is 2. The molecule has 0 saturated heterocycles. The molecule has 0 heterocycles. The molecule has 0 atom stereocenters.